The molecule has 1 saturated heterocycles. The molecule has 2 aliphatic rings. The number of carbonyl (C=O) groups excluding carboxylic acids is 2. The lowest BCUT2D eigenvalue weighted by Gasteiger charge is -2.29. The van der Waals surface area contributed by atoms with Crippen molar-refractivity contribution in [2.75, 3.05) is 9.80 Å². The number of hydrogen-bond donors (Lipinski definition) is 1. The van der Waals surface area contributed by atoms with Gasteiger partial charge in [-0.1, -0.05) is 6.07 Å². The van der Waals surface area contributed by atoms with E-state index in [2.05, 4.69) is 10.3 Å². The number of nitriles is 1. The van der Waals surface area contributed by atoms with Crippen LogP contribution in [0.3, 0.4) is 0 Å². The van der Waals surface area contributed by atoms with Crippen molar-refractivity contribution in [2.45, 2.75) is 50.9 Å². The standard InChI is InChI=1S/C27H21F4N5O2S2/c1-26(2)24(38)35(17-7-5-15(11-32)19(9-17)27(29,30)31)25(39)36(26)18-8-6-16(20(28)10-18)12-33-23(37)22-21(14-3-4-14)34-13-40-22/h5-10,13-14H,3-4,12H2,1-2H3,(H,33,37). The normalized spacial score (nSPS) is 16.8. The Balaban J connectivity index is 1.38. The van der Waals surface area contributed by atoms with Crippen LogP contribution in [0.15, 0.2) is 41.9 Å². The van der Waals surface area contributed by atoms with Gasteiger partial charge in [0.1, 0.15) is 16.2 Å². The van der Waals surface area contributed by atoms with Crippen LogP contribution in [0.5, 0.6) is 0 Å². The summed E-state index contributed by atoms with van der Waals surface area (Å²) in [5.41, 5.74) is -0.522. The molecule has 2 fully saturated rings. The molecule has 5 rings (SSSR count). The number of nitrogens with one attached hydrogen (secondary N) is 1. The minimum absolute atomic E-state index is 0.0860. The van der Waals surface area contributed by atoms with Gasteiger partial charge in [-0.2, -0.15) is 18.4 Å². The fraction of sp³-hybridized carbons (Fsp3) is 0.296. The fourth-order valence-corrected chi connectivity index (χ4v) is 5.92. The molecule has 1 aliphatic carbocycles. The zero-order chi connectivity index (χ0) is 29.0. The van der Waals surface area contributed by atoms with Crippen molar-refractivity contribution in [2.24, 2.45) is 0 Å². The number of rotatable bonds is 6. The predicted molar refractivity (Wildman–Crippen MR) is 144 cm³/mol. The summed E-state index contributed by atoms with van der Waals surface area (Å²) in [5.74, 6) is -1.33. The molecule has 1 N–H and O–H groups in total. The third kappa shape index (κ3) is 4.82. The van der Waals surface area contributed by atoms with Gasteiger partial charge in [-0.25, -0.2) is 9.37 Å². The van der Waals surface area contributed by atoms with Crippen molar-refractivity contribution in [3.05, 3.63) is 75.0 Å². The predicted octanol–water partition coefficient (Wildman–Crippen LogP) is 5.90. The lowest BCUT2D eigenvalue weighted by Crippen LogP contribution is -2.44. The summed E-state index contributed by atoms with van der Waals surface area (Å²) in [6, 6.07) is 8.53. The van der Waals surface area contributed by atoms with Crippen molar-refractivity contribution < 1.29 is 27.2 Å². The Morgan fingerprint density at radius 1 is 1.23 bits per heavy atom. The molecule has 2 aromatic carbocycles. The molecule has 1 aliphatic heterocycles. The highest BCUT2D eigenvalue weighted by Gasteiger charge is 2.51. The maximum absolute atomic E-state index is 15.2. The van der Waals surface area contributed by atoms with Crippen molar-refractivity contribution in [1.82, 2.24) is 10.3 Å². The van der Waals surface area contributed by atoms with E-state index in [0.717, 1.165) is 35.6 Å². The third-order valence-electron chi connectivity index (χ3n) is 6.85. The van der Waals surface area contributed by atoms with E-state index < -0.39 is 34.6 Å². The number of aromatic nitrogens is 1. The van der Waals surface area contributed by atoms with Gasteiger partial charge >= 0.3 is 6.18 Å². The lowest BCUT2D eigenvalue weighted by atomic mass is 10.0. The van der Waals surface area contributed by atoms with Crippen LogP contribution in [0.25, 0.3) is 0 Å². The van der Waals surface area contributed by atoms with Gasteiger partial charge in [0.05, 0.1) is 34.1 Å². The van der Waals surface area contributed by atoms with Gasteiger partial charge in [-0.3, -0.25) is 14.5 Å². The Morgan fingerprint density at radius 2 is 1.93 bits per heavy atom. The molecular weight excluding hydrogens is 566 g/mol. The first-order valence-electron chi connectivity index (χ1n) is 12.1. The second kappa shape index (κ2) is 9.94. The molecule has 0 bridgehead atoms. The Labute approximate surface area is 236 Å². The number of hydrogen-bond acceptors (Lipinski definition) is 6. The van der Waals surface area contributed by atoms with Gasteiger partial charge in [0.25, 0.3) is 11.8 Å². The number of halogens is 4. The average Bonchev–Trinajstić information content (AvgIpc) is 3.58. The highest BCUT2D eigenvalue weighted by atomic mass is 32.1. The van der Waals surface area contributed by atoms with E-state index in [1.807, 2.05) is 0 Å². The number of nitrogens with zero attached hydrogens (tertiary/aromatic N) is 4. The van der Waals surface area contributed by atoms with E-state index in [1.165, 1.54) is 54.4 Å². The number of thiocarbonyl (C=S) groups is 1. The molecule has 0 unspecified atom stereocenters. The molecule has 0 atom stereocenters. The highest BCUT2D eigenvalue weighted by molar-refractivity contribution is 7.81. The van der Waals surface area contributed by atoms with E-state index >= 15 is 4.39 Å². The van der Waals surface area contributed by atoms with E-state index in [9.17, 15) is 22.8 Å². The first-order chi connectivity index (χ1) is 18.8. The van der Waals surface area contributed by atoms with Crippen LogP contribution in [-0.2, 0) is 17.5 Å². The quantitative estimate of drug-likeness (QED) is 0.286. The first kappa shape index (κ1) is 27.7. The second-order valence-electron chi connectivity index (χ2n) is 9.96. The summed E-state index contributed by atoms with van der Waals surface area (Å²) in [4.78, 5) is 33.1. The van der Waals surface area contributed by atoms with Crippen molar-refractivity contribution in [1.29, 1.82) is 5.26 Å². The zero-order valence-corrected chi connectivity index (χ0v) is 22.8. The molecule has 2 heterocycles. The summed E-state index contributed by atoms with van der Waals surface area (Å²) < 4.78 is 55.9. The molecule has 0 spiro atoms. The van der Waals surface area contributed by atoms with Gasteiger partial charge in [0.15, 0.2) is 5.11 Å². The van der Waals surface area contributed by atoms with Crippen LogP contribution in [0.1, 0.15) is 64.7 Å². The van der Waals surface area contributed by atoms with Crippen LogP contribution in [0, 0.1) is 17.1 Å². The summed E-state index contributed by atoms with van der Waals surface area (Å²) in [7, 11) is 0. The average molecular weight is 588 g/mol. The highest BCUT2D eigenvalue weighted by Crippen LogP contribution is 2.42. The van der Waals surface area contributed by atoms with Gasteiger partial charge in [0, 0.05) is 23.7 Å². The molecule has 3 aromatic rings. The Bertz CT molecular complexity index is 1590. The maximum Gasteiger partial charge on any atom is 0.417 e. The molecule has 2 amide bonds. The molecule has 206 valence electrons. The van der Waals surface area contributed by atoms with Crippen LogP contribution >= 0.6 is 23.6 Å². The third-order valence-corrected chi connectivity index (χ3v) is 8.06. The number of thiazole rings is 1. The van der Waals surface area contributed by atoms with Crippen LogP contribution in [0.2, 0.25) is 0 Å². The number of amides is 2. The summed E-state index contributed by atoms with van der Waals surface area (Å²) in [6.45, 7) is 2.96. The van der Waals surface area contributed by atoms with Crippen LogP contribution in [-0.4, -0.2) is 27.4 Å². The summed E-state index contributed by atoms with van der Waals surface area (Å²) >= 11 is 6.73. The summed E-state index contributed by atoms with van der Waals surface area (Å²) in [6.07, 6.45) is -2.85. The van der Waals surface area contributed by atoms with Crippen molar-refractivity contribution >= 4 is 51.9 Å². The second-order valence-corrected chi connectivity index (χ2v) is 11.2. The first-order valence-corrected chi connectivity index (χ1v) is 13.4. The Hall–Kier alpha value is -3.89. The largest absolute Gasteiger partial charge is 0.417 e. The molecular formula is C27H21F4N5O2S2. The van der Waals surface area contributed by atoms with Crippen molar-refractivity contribution in [3.8, 4) is 6.07 Å². The minimum atomic E-state index is -4.82. The van der Waals surface area contributed by atoms with Crippen LogP contribution in [0.4, 0.5) is 28.9 Å². The topological polar surface area (TPSA) is 89.3 Å². The van der Waals surface area contributed by atoms with E-state index in [4.69, 9.17) is 17.5 Å². The maximum atomic E-state index is 15.2. The molecule has 40 heavy (non-hydrogen) atoms. The van der Waals surface area contributed by atoms with Crippen LogP contribution < -0.4 is 15.1 Å². The number of anilines is 2. The Kier molecular flexibility index (Phi) is 6.87. The van der Waals surface area contributed by atoms with E-state index in [1.54, 1.807) is 5.51 Å². The van der Waals surface area contributed by atoms with Gasteiger partial charge in [-0.15, -0.1) is 11.3 Å². The SMILES string of the molecule is CC1(C)C(=O)N(c2ccc(C#N)c(C(F)(F)F)c2)C(=S)N1c1ccc(CNC(=O)c2scnc2C2CC2)c(F)c1. The summed E-state index contributed by atoms with van der Waals surface area (Å²) in [5, 5.41) is 11.7. The molecule has 0 radical (unpaired) electrons. The van der Waals surface area contributed by atoms with E-state index in [-0.39, 0.29) is 34.5 Å². The minimum Gasteiger partial charge on any atom is -0.347 e. The number of carbonyl (C=O) groups is 2. The number of alkyl halides is 3. The van der Waals surface area contributed by atoms with E-state index in [0.29, 0.717) is 16.9 Å². The molecule has 1 saturated carbocycles. The fourth-order valence-electron chi connectivity index (χ4n) is 4.61. The van der Waals surface area contributed by atoms with Gasteiger partial charge in [-0.05, 0) is 69.2 Å². The number of benzene rings is 2. The zero-order valence-electron chi connectivity index (χ0n) is 21.2. The van der Waals surface area contributed by atoms with Crippen molar-refractivity contribution in [3.63, 3.8) is 0 Å². The van der Waals surface area contributed by atoms with Gasteiger partial charge in [0.2, 0.25) is 0 Å². The van der Waals surface area contributed by atoms with Gasteiger partial charge < -0.3 is 10.2 Å². The molecule has 1 aromatic heterocycles. The lowest BCUT2D eigenvalue weighted by molar-refractivity contribution is -0.137. The smallest absolute Gasteiger partial charge is 0.347 e. The molecule has 13 heteroatoms. The monoisotopic (exact) mass is 587 g/mol. The molecule has 7 nitrogen and oxygen atoms in total. The Morgan fingerprint density at radius 3 is 2.55 bits per heavy atom.